The fourth-order valence-electron chi connectivity index (χ4n) is 7.11. The second-order valence-electron chi connectivity index (χ2n) is 15.3. The minimum atomic E-state index is -2.84. The van der Waals surface area contributed by atoms with Crippen molar-refractivity contribution >= 4 is 31.5 Å². The highest BCUT2D eigenvalue weighted by atomic mass is 28.4. The molecule has 12 heteroatoms. The Hall–Kier alpha value is -3.48. The molecule has 5 rings (SSSR count). The molecule has 3 aliphatic carbocycles. The zero-order valence-electron chi connectivity index (χ0n) is 30.7. The van der Waals surface area contributed by atoms with Gasteiger partial charge in [0, 0.05) is 37.7 Å². The van der Waals surface area contributed by atoms with Crippen LogP contribution in [0.1, 0.15) is 100 Å². The zero-order chi connectivity index (χ0) is 35.9. The Bertz CT molecular complexity index is 1620. The first kappa shape index (κ1) is 36.8. The SMILES string of the molecule is C=CCN[C@@H]1c2onc(OCCCC)c2C(=O)[C@@]2(O[Si](C)(C)C(C)(C)C)C(=O)C3=C(O)c4c(OCCCC)cnc(N(C)C)c4C[C@H]3C[C@@H]12. The molecule has 2 N–H and O–H groups in total. The lowest BCUT2D eigenvalue weighted by atomic mass is 9.57. The van der Waals surface area contributed by atoms with E-state index in [1.165, 1.54) is 0 Å². The van der Waals surface area contributed by atoms with Crippen LogP contribution in [0.4, 0.5) is 5.82 Å². The van der Waals surface area contributed by atoms with Crippen LogP contribution in [0.2, 0.25) is 18.1 Å². The van der Waals surface area contributed by atoms with E-state index >= 15 is 9.59 Å². The van der Waals surface area contributed by atoms with Gasteiger partial charge in [-0.3, -0.25) is 9.59 Å². The molecular weight excluding hydrogens is 641 g/mol. The molecule has 0 spiro atoms. The summed E-state index contributed by atoms with van der Waals surface area (Å²) in [6.45, 7) is 19.5. The van der Waals surface area contributed by atoms with Gasteiger partial charge in [-0.2, -0.15) is 0 Å². The Morgan fingerprint density at radius 2 is 1.80 bits per heavy atom. The minimum absolute atomic E-state index is 0.0610. The van der Waals surface area contributed by atoms with Crippen LogP contribution in [0.15, 0.2) is 28.9 Å². The topological polar surface area (TPSA) is 136 Å². The second kappa shape index (κ2) is 14.0. The summed E-state index contributed by atoms with van der Waals surface area (Å²) in [7, 11) is 0.970. The third-order valence-electron chi connectivity index (χ3n) is 10.7. The van der Waals surface area contributed by atoms with E-state index in [-0.39, 0.29) is 27.8 Å². The number of hydrogen-bond acceptors (Lipinski definition) is 11. The van der Waals surface area contributed by atoms with Crippen molar-refractivity contribution in [1.82, 2.24) is 15.5 Å². The van der Waals surface area contributed by atoms with Gasteiger partial charge in [0.05, 0.1) is 31.0 Å². The van der Waals surface area contributed by atoms with E-state index in [1.807, 2.05) is 39.0 Å². The van der Waals surface area contributed by atoms with Crippen molar-refractivity contribution in [2.75, 3.05) is 38.8 Å². The summed E-state index contributed by atoms with van der Waals surface area (Å²) in [4.78, 5) is 37.4. The maximum absolute atomic E-state index is 15.5. The number of nitrogens with zero attached hydrogens (tertiary/aromatic N) is 3. The van der Waals surface area contributed by atoms with Gasteiger partial charge in [0.25, 0.3) is 5.88 Å². The summed E-state index contributed by atoms with van der Waals surface area (Å²) in [6.07, 6.45) is 7.54. The number of unbranched alkanes of at least 4 members (excludes halogenated alkanes) is 2. The molecule has 268 valence electrons. The molecular formula is C37H54N4O7Si. The molecule has 0 aliphatic heterocycles. The van der Waals surface area contributed by atoms with Crippen LogP contribution >= 0.6 is 0 Å². The van der Waals surface area contributed by atoms with Crippen molar-refractivity contribution in [2.45, 2.75) is 103 Å². The summed E-state index contributed by atoms with van der Waals surface area (Å²) >= 11 is 0. The summed E-state index contributed by atoms with van der Waals surface area (Å²) in [5, 5.41) is 19.6. The van der Waals surface area contributed by atoms with Gasteiger partial charge >= 0.3 is 0 Å². The fraction of sp³-hybridized carbons (Fsp3) is 0.622. The summed E-state index contributed by atoms with van der Waals surface area (Å²) in [5.74, 6) is -0.814. The Morgan fingerprint density at radius 1 is 1.12 bits per heavy atom. The highest BCUT2D eigenvalue weighted by molar-refractivity contribution is 6.74. The third-order valence-corrected chi connectivity index (χ3v) is 15.1. The number of rotatable bonds is 14. The van der Waals surface area contributed by atoms with Crippen LogP contribution in [0.25, 0.3) is 5.76 Å². The van der Waals surface area contributed by atoms with Crippen LogP contribution in [0.3, 0.4) is 0 Å². The maximum atomic E-state index is 15.5. The van der Waals surface area contributed by atoms with Crippen molar-refractivity contribution in [2.24, 2.45) is 11.8 Å². The van der Waals surface area contributed by atoms with E-state index in [1.54, 1.807) is 12.3 Å². The lowest BCUT2D eigenvalue weighted by Gasteiger charge is -2.54. The molecule has 49 heavy (non-hydrogen) atoms. The summed E-state index contributed by atoms with van der Waals surface area (Å²) in [5.41, 5.74) is -0.377. The number of ether oxygens (including phenoxy) is 2. The van der Waals surface area contributed by atoms with Crippen LogP contribution in [0, 0.1) is 11.8 Å². The molecule has 2 aromatic heterocycles. The van der Waals surface area contributed by atoms with Crippen molar-refractivity contribution < 1.29 is 33.1 Å². The molecule has 0 amide bonds. The molecule has 3 aliphatic rings. The van der Waals surface area contributed by atoms with E-state index in [2.05, 4.69) is 44.7 Å². The number of aliphatic hydroxyl groups is 1. The first-order valence-corrected chi connectivity index (χ1v) is 20.6. The first-order chi connectivity index (χ1) is 23.2. The molecule has 0 aromatic carbocycles. The van der Waals surface area contributed by atoms with Crippen molar-refractivity contribution in [1.29, 1.82) is 0 Å². The predicted octanol–water partition coefficient (Wildman–Crippen LogP) is 7.00. The molecule has 1 saturated carbocycles. The number of carbonyl (C=O) groups is 2. The van der Waals surface area contributed by atoms with Crippen LogP contribution in [-0.2, 0) is 15.6 Å². The van der Waals surface area contributed by atoms with Gasteiger partial charge in [-0.05, 0) is 54.9 Å². The summed E-state index contributed by atoms with van der Waals surface area (Å²) < 4.78 is 25.3. The molecule has 1 fully saturated rings. The van der Waals surface area contributed by atoms with Crippen molar-refractivity contribution in [3.05, 3.63) is 46.9 Å². The average molecular weight is 695 g/mol. The number of carbonyl (C=O) groups excluding carboxylic acids is 2. The molecule has 2 aromatic rings. The number of ketones is 2. The van der Waals surface area contributed by atoms with Gasteiger partial charge in [-0.1, -0.05) is 53.5 Å². The smallest absolute Gasteiger partial charge is 0.265 e. The number of aromatic nitrogens is 2. The van der Waals surface area contributed by atoms with Gasteiger partial charge < -0.3 is 33.7 Å². The Morgan fingerprint density at radius 3 is 2.41 bits per heavy atom. The maximum Gasteiger partial charge on any atom is 0.265 e. The van der Waals surface area contributed by atoms with Crippen molar-refractivity contribution in [3.63, 3.8) is 0 Å². The molecule has 11 nitrogen and oxygen atoms in total. The van der Waals surface area contributed by atoms with Gasteiger partial charge in [0.1, 0.15) is 22.9 Å². The zero-order valence-corrected chi connectivity index (χ0v) is 31.7. The quantitative estimate of drug-likeness (QED) is 0.0916. The molecule has 0 unspecified atom stereocenters. The average Bonchev–Trinajstić information content (AvgIpc) is 3.45. The minimum Gasteiger partial charge on any atom is -0.507 e. The highest BCUT2D eigenvalue weighted by Gasteiger charge is 2.68. The lowest BCUT2D eigenvalue weighted by Crippen LogP contribution is -2.68. The number of anilines is 1. The number of Topliss-reactive ketones (excluding diaryl/α,β-unsaturated/α-hetero) is 2. The molecule has 0 radical (unpaired) electrons. The number of hydrogen-bond donors (Lipinski definition) is 2. The van der Waals surface area contributed by atoms with Crippen LogP contribution < -0.4 is 19.7 Å². The number of fused-ring (bicyclic) bond motifs is 4. The van der Waals surface area contributed by atoms with Gasteiger partial charge in [-0.25, -0.2) is 4.98 Å². The monoisotopic (exact) mass is 694 g/mol. The highest BCUT2D eigenvalue weighted by Crippen LogP contribution is 2.58. The second-order valence-corrected chi connectivity index (χ2v) is 20.0. The number of nitrogens with one attached hydrogen (secondary N) is 1. The standard InChI is InChI=1S/C37H54N4O7Si/c1-11-14-17-45-25-21-39-34(41(7)8)23-19-22-20-24-29(38-16-13-3)31-28(35(40-47-31)46-18-15-12-2)33(44)37(24,48-49(9,10)36(4,5)6)32(43)26(22)30(42)27(23)25/h13,21-22,24,29,38,42H,3,11-12,14-20H2,1-2,4-10H3/t22-,24-,29-,37-/m0/s1. The fourth-order valence-corrected chi connectivity index (χ4v) is 8.56. The Labute approximate surface area is 291 Å². The first-order valence-electron chi connectivity index (χ1n) is 17.7. The van der Waals surface area contributed by atoms with E-state index in [0.717, 1.165) is 31.2 Å². The molecule has 4 atom stereocenters. The van der Waals surface area contributed by atoms with Gasteiger partial charge in [0.15, 0.2) is 19.7 Å². The van der Waals surface area contributed by atoms with E-state index in [0.29, 0.717) is 55.5 Å². The van der Waals surface area contributed by atoms with E-state index in [9.17, 15) is 5.11 Å². The molecule has 0 saturated heterocycles. The number of aliphatic hydroxyl groups excluding tert-OH is 1. The van der Waals surface area contributed by atoms with Gasteiger partial charge in [-0.15, -0.1) is 6.58 Å². The molecule has 0 bridgehead atoms. The van der Waals surface area contributed by atoms with E-state index < -0.39 is 43.4 Å². The predicted molar refractivity (Wildman–Crippen MR) is 192 cm³/mol. The lowest BCUT2D eigenvalue weighted by molar-refractivity contribution is -0.138. The third kappa shape index (κ3) is 6.24. The number of pyridine rings is 1. The van der Waals surface area contributed by atoms with Crippen LogP contribution in [0.5, 0.6) is 11.6 Å². The summed E-state index contributed by atoms with van der Waals surface area (Å²) in [6, 6.07) is -0.615. The largest absolute Gasteiger partial charge is 0.507 e. The normalized spacial score (nSPS) is 23.4. The van der Waals surface area contributed by atoms with E-state index in [4.69, 9.17) is 23.4 Å². The Balaban J connectivity index is 1.77. The van der Waals surface area contributed by atoms with Crippen LogP contribution in [-0.4, -0.2) is 74.6 Å². The Kier molecular flexibility index (Phi) is 10.5. The van der Waals surface area contributed by atoms with Gasteiger partial charge in [0.2, 0.25) is 11.6 Å². The van der Waals surface area contributed by atoms with Crippen molar-refractivity contribution in [3.8, 4) is 11.6 Å². The molecule has 2 heterocycles.